The molecule has 3 atom stereocenters. The zero-order valence-corrected chi connectivity index (χ0v) is 21.9. The van der Waals surface area contributed by atoms with Crippen molar-refractivity contribution in [3.8, 4) is 5.88 Å². The van der Waals surface area contributed by atoms with E-state index in [4.69, 9.17) is 16.3 Å². The van der Waals surface area contributed by atoms with E-state index in [0.29, 0.717) is 55.5 Å². The van der Waals surface area contributed by atoms with Gasteiger partial charge in [-0.1, -0.05) is 24.6 Å². The summed E-state index contributed by atoms with van der Waals surface area (Å²) in [4.78, 5) is 34.2. The van der Waals surface area contributed by atoms with Crippen LogP contribution in [0.25, 0.3) is 0 Å². The van der Waals surface area contributed by atoms with Crippen molar-refractivity contribution in [3.63, 3.8) is 0 Å². The monoisotopic (exact) mass is 531 g/mol. The molecule has 0 spiro atoms. The van der Waals surface area contributed by atoms with E-state index in [1.807, 2.05) is 18.7 Å². The van der Waals surface area contributed by atoms with Gasteiger partial charge in [-0.3, -0.25) is 9.59 Å². The highest BCUT2D eigenvalue weighted by atomic mass is 35.5. The van der Waals surface area contributed by atoms with Gasteiger partial charge in [-0.2, -0.15) is 0 Å². The SMILES string of the molecule is CC(Oc1ccc(Cl)cn1)C1CN(C(=O)C2CCN(C(=O)C3(C)CC3)CC2)CC1c1ccc(F)cc1F. The lowest BCUT2D eigenvalue weighted by Crippen LogP contribution is -2.46. The minimum absolute atomic E-state index is 0.0246. The number of benzene rings is 1. The quantitative estimate of drug-likeness (QED) is 0.522. The van der Waals surface area contributed by atoms with Gasteiger partial charge in [0.1, 0.15) is 17.7 Å². The molecule has 37 heavy (non-hydrogen) atoms. The molecule has 6 nitrogen and oxygen atoms in total. The zero-order valence-electron chi connectivity index (χ0n) is 21.1. The minimum atomic E-state index is -0.639. The molecular formula is C28H32ClF2N3O3. The summed E-state index contributed by atoms with van der Waals surface area (Å²) in [5.74, 6) is -1.41. The van der Waals surface area contributed by atoms with Crippen LogP contribution in [0.2, 0.25) is 5.02 Å². The van der Waals surface area contributed by atoms with Gasteiger partial charge in [0.15, 0.2) is 0 Å². The first kappa shape index (κ1) is 25.9. The van der Waals surface area contributed by atoms with Crippen LogP contribution in [0, 0.1) is 28.9 Å². The van der Waals surface area contributed by atoms with Gasteiger partial charge in [0.25, 0.3) is 0 Å². The van der Waals surface area contributed by atoms with Crippen LogP contribution >= 0.6 is 11.6 Å². The number of likely N-dealkylation sites (tertiary alicyclic amines) is 2. The van der Waals surface area contributed by atoms with E-state index < -0.39 is 11.6 Å². The van der Waals surface area contributed by atoms with Crippen LogP contribution in [0.1, 0.15) is 51.0 Å². The number of piperidine rings is 1. The van der Waals surface area contributed by atoms with Crippen molar-refractivity contribution in [2.24, 2.45) is 17.3 Å². The molecule has 5 rings (SSSR count). The number of hydrogen-bond donors (Lipinski definition) is 0. The maximum atomic E-state index is 14.9. The molecule has 3 unspecified atom stereocenters. The summed E-state index contributed by atoms with van der Waals surface area (Å²) in [6.07, 6.45) is 4.22. The van der Waals surface area contributed by atoms with Crippen molar-refractivity contribution >= 4 is 23.4 Å². The first-order valence-corrected chi connectivity index (χ1v) is 13.3. The molecule has 0 bridgehead atoms. The van der Waals surface area contributed by atoms with E-state index in [1.54, 1.807) is 17.0 Å². The highest BCUT2D eigenvalue weighted by molar-refractivity contribution is 6.30. The number of amides is 2. The number of nitrogens with zero attached hydrogens (tertiary/aromatic N) is 3. The smallest absolute Gasteiger partial charge is 0.228 e. The molecule has 198 valence electrons. The first-order chi connectivity index (χ1) is 17.6. The first-order valence-electron chi connectivity index (χ1n) is 13.0. The summed E-state index contributed by atoms with van der Waals surface area (Å²) in [5, 5.41) is 0.489. The fraction of sp³-hybridized carbons (Fsp3) is 0.536. The van der Waals surface area contributed by atoms with Crippen molar-refractivity contribution in [1.29, 1.82) is 0 Å². The van der Waals surface area contributed by atoms with Gasteiger partial charge < -0.3 is 14.5 Å². The van der Waals surface area contributed by atoms with Crippen molar-refractivity contribution in [1.82, 2.24) is 14.8 Å². The fourth-order valence-electron chi connectivity index (χ4n) is 5.70. The van der Waals surface area contributed by atoms with Gasteiger partial charge in [0, 0.05) is 67.7 Å². The normalized spacial score (nSPS) is 24.1. The minimum Gasteiger partial charge on any atom is -0.474 e. The molecule has 3 fully saturated rings. The summed E-state index contributed by atoms with van der Waals surface area (Å²) in [6.45, 7) is 5.78. The number of halogens is 3. The molecule has 3 heterocycles. The Morgan fingerprint density at radius 3 is 2.46 bits per heavy atom. The van der Waals surface area contributed by atoms with E-state index in [9.17, 15) is 18.4 Å². The summed E-state index contributed by atoms with van der Waals surface area (Å²) in [5.41, 5.74) is 0.167. The second kappa shape index (κ2) is 10.2. The molecule has 2 aliphatic heterocycles. The second-order valence-electron chi connectivity index (χ2n) is 10.9. The molecule has 0 N–H and O–H groups in total. The Labute approximate surface area is 220 Å². The Bertz CT molecular complexity index is 1170. The molecule has 1 aliphatic carbocycles. The average Bonchev–Trinajstić information content (AvgIpc) is 3.48. The molecule has 1 aromatic heterocycles. The number of carbonyl (C=O) groups excluding carboxylic acids is 2. The van der Waals surface area contributed by atoms with Crippen LogP contribution in [0.4, 0.5) is 8.78 Å². The molecule has 3 aliphatic rings. The lowest BCUT2D eigenvalue weighted by Gasteiger charge is -2.34. The molecule has 1 saturated carbocycles. The largest absolute Gasteiger partial charge is 0.474 e. The lowest BCUT2D eigenvalue weighted by atomic mass is 9.85. The summed E-state index contributed by atoms with van der Waals surface area (Å²) in [6, 6.07) is 6.95. The highest BCUT2D eigenvalue weighted by Gasteiger charge is 2.48. The van der Waals surface area contributed by atoms with Crippen LogP contribution < -0.4 is 4.74 Å². The van der Waals surface area contributed by atoms with Gasteiger partial charge in [0.05, 0.1) is 5.02 Å². The van der Waals surface area contributed by atoms with Crippen LogP contribution in [0.3, 0.4) is 0 Å². The molecule has 2 aromatic rings. The third-order valence-electron chi connectivity index (χ3n) is 8.30. The van der Waals surface area contributed by atoms with E-state index in [-0.39, 0.29) is 41.1 Å². The average molecular weight is 532 g/mol. The topological polar surface area (TPSA) is 62.7 Å². The predicted octanol–water partition coefficient (Wildman–Crippen LogP) is 5.06. The number of ether oxygens (including phenoxy) is 1. The van der Waals surface area contributed by atoms with Crippen molar-refractivity contribution in [3.05, 3.63) is 58.7 Å². The van der Waals surface area contributed by atoms with Crippen LogP contribution in [-0.2, 0) is 9.59 Å². The molecule has 2 saturated heterocycles. The molecule has 9 heteroatoms. The summed E-state index contributed by atoms with van der Waals surface area (Å²) < 4.78 is 34.6. The molecular weight excluding hydrogens is 500 g/mol. The number of rotatable bonds is 6. The number of pyridine rings is 1. The Morgan fingerprint density at radius 1 is 1.11 bits per heavy atom. The van der Waals surface area contributed by atoms with E-state index in [2.05, 4.69) is 4.98 Å². The van der Waals surface area contributed by atoms with E-state index in [1.165, 1.54) is 18.3 Å². The molecule has 0 radical (unpaired) electrons. The van der Waals surface area contributed by atoms with Crippen molar-refractivity contribution in [2.45, 2.75) is 51.6 Å². The number of hydrogen-bond acceptors (Lipinski definition) is 4. The standard InChI is InChI=1S/C28H32ClF2N3O3/c1-17(37-25-6-3-19(29)14-32-25)22-15-34(16-23(22)21-5-4-20(30)13-24(21)31)26(35)18-7-11-33(12-8-18)27(36)28(2)9-10-28/h3-6,13-14,17-18,22-23H,7-12,15-16H2,1-2H3. The van der Waals surface area contributed by atoms with Gasteiger partial charge >= 0.3 is 0 Å². The van der Waals surface area contributed by atoms with Gasteiger partial charge in [-0.15, -0.1) is 0 Å². The summed E-state index contributed by atoms with van der Waals surface area (Å²) >= 11 is 5.93. The third-order valence-corrected chi connectivity index (χ3v) is 8.52. The van der Waals surface area contributed by atoms with E-state index in [0.717, 1.165) is 18.9 Å². The second-order valence-corrected chi connectivity index (χ2v) is 11.4. The Morgan fingerprint density at radius 2 is 1.84 bits per heavy atom. The zero-order chi connectivity index (χ0) is 26.3. The molecule has 2 amide bonds. The van der Waals surface area contributed by atoms with Crippen LogP contribution in [-0.4, -0.2) is 58.9 Å². The lowest BCUT2D eigenvalue weighted by molar-refractivity contribution is -0.142. The third kappa shape index (κ3) is 5.44. The highest BCUT2D eigenvalue weighted by Crippen LogP contribution is 2.47. The maximum absolute atomic E-state index is 14.9. The Balaban J connectivity index is 1.30. The van der Waals surface area contributed by atoms with Gasteiger partial charge in [0.2, 0.25) is 17.7 Å². The van der Waals surface area contributed by atoms with Gasteiger partial charge in [-0.25, -0.2) is 13.8 Å². The van der Waals surface area contributed by atoms with Crippen LogP contribution in [0.15, 0.2) is 36.5 Å². The van der Waals surface area contributed by atoms with Crippen LogP contribution in [0.5, 0.6) is 5.88 Å². The number of aromatic nitrogens is 1. The Hall–Kier alpha value is -2.74. The Kier molecular flexibility index (Phi) is 7.14. The van der Waals surface area contributed by atoms with Gasteiger partial charge in [-0.05, 0) is 50.3 Å². The number of carbonyl (C=O) groups is 2. The maximum Gasteiger partial charge on any atom is 0.228 e. The summed E-state index contributed by atoms with van der Waals surface area (Å²) in [7, 11) is 0. The fourth-order valence-corrected chi connectivity index (χ4v) is 5.81. The predicted molar refractivity (Wildman–Crippen MR) is 135 cm³/mol. The van der Waals surface area contributed by atoms with E-state index >= 15 is 0 Å². The molecule has 1 aromatic carbocycles. The van der Waals surface area contributed by atoms with Crippen molar-refractivity contribution < 1.29 is 23.1 Å². The van der Waals surface area contributed by atoms with Crippen molar-refractivity contribution in [2.75, 3.05) is 26.2 Å².